The molecular formula is C14H27F3N2. The predicted molar refractivity (Wildman–Crippen MR) is 71.8 cm³/mol. The van der Waals surface area contributed by atoms with Gasteiger partial charge in [-0.1, -0.05) is 20.8 Å². The topological polar surface area (TPSA) is 29.3 Å². The van der Waals surface area contributed by atoms with Gasteiger partial charge < -0.3 is 5.73 Å². The van der Waals surface area contributed by atoms with Gasteiger partial charge in [-0.3, -0.25) is 4.90 Å². The number of rotatable bonds is 5. The second kappa shape index (κ2) is 6.93. The quantitative estimate of drug-likeness (QED) is 0.837. The molecule has 5 heteroatoms. The van der Waals surface area contributed by atoms with Crippen LogP contribution in [0.4, 0.5) is 13.2 Å². The van der Waals surface area contributed by atoms with E-state index in [0.29, 0.717) is 24.9 Å². The summed E-state index contributed by atoms with van der Waals surface area (Å²) in [6.07, 6.45) is -1.38. The lowest BCUT2D eigenvalue weighted by Gasteiger charge is -2.40. The Morgan fingerprint density at radius 1 is 1.21 bits per heavy atom. The first-order valence-electron chi connectivity index (χ1n) is 7.27. The summed E-state index contributed by atoms with van der Waals surface area (Å²) >= 11 is 0. The summed E-state index contributed by atoms with van der Waals surface area (Å²) in [4.78, 5) is 1.52. The Hall–Kier alpha value is -0.290. The number of hydrogen-bond donors (Lipinski definition) is 1. The Bertz CT molecular complexity index is 256. The molecule has 0 radical (unpaired) electrons. The Labute approximate surface area is 114 Å². The zero-order valence-electron chi connectivity index (χ0n) is 12.2. The number of nitrogens with zero attached hydrogens (tertiary/aromatic N) is 1. The van der Waals surface area contributed by atoms with Gasteiger partial charge in [0.1, 0.15) is 0 Å². The van der Waals surface area contributed by atoms with Crippen molar-refractivity contribution in [3.8, 4) is 0 Å². The zero-order chi connectivity index (χ0) is 14.6. The molecule has 114 valence electrons. The fraction of sp³-hybridized carbons (Fsp3) is 1.00. The van der Waals surface area contributed by atoms with Crippen molar-refractivity contribution >= 4 is 0 Å². The van der Waals surface area contributed by atoms with Crippen LogP contribution in [0.1, 0.15) is 40.0 Å². The van der Waals surface area contributed by atoms with E-state index in [1.807, 2.05) is 6.92 Å². The van der Waals surface area contributed by atoms with E-state index in [-0.39, 0.29) is 12.0 Å². The van der Waals surface area contributed by atoms with Gasteiger partial charge in [0.25, 0.3) is 0 Å². The van der Waals surface area contributed by atoms with E-state index in [9.17, 15) is 13.2 Å². The smallest absolute Gasteiger partial charge is 0.327 e. The van der Waals surface area contributed by atoms with Gasteiger partial charge in [-0.25, -0.2) is 0 Å². The molecule has 1 rings (SSSR count). The molecule has 2 N–H and O–H groups in total. The normalized spacial score (nSPS) is 32.8. The molecule has 1 saturated carbocycles. The van der Waals surface area contributed by atoms with Crippen molar-refractivity contribution in [3.63, 3.8) is 0 Å². The van der Waals surface area contributed by atoms with Crippen LogP contribution in [0.2, 0.25) is 0 Å². The van der Waals surface area contributed by atoms with E-state index < -0.39 is 12.7 Å². The molecule has 0 heterocycles. The monoisotopic (exact) mass is 280 g/mol. The third-order valence-electron chi connectivity index (χ3n) is 4.14. The van der Waals surface area contributed by atoms with E-state index in [4.69, 9.17) is 5.73 Å². The molecule has 0 aromatic rings. The summed E-state index contributed by atoms with van der Waals surface area (Å²) in [5.74, 6) is 1.18. The summed E-state index contributed by atoms with van der Waals surface area (Å²) in [5.41, 5.74) is 6.16. The molecule has 0 saturated heterocycles. The van der Waals surface area contributed by atoms with Gasteiger partial charge in [0.15, 0.2) is 0 Å². The SMILES string of the molecule is CCCN(CC1C(C)CC(C)CC1N)CC(F)(F)F. The summed E-state index contributed by atoms with van der Waals surface area (Å²) in [7, 11) is 0. The fourth-order valence-corrected chi connectivity index (χ4v) is 3.39. The number of alkyl halides is 3. The predicted octanol–water partition coefficient (Wildman–Crippen LogP) is 3.27. The highest BCUT2D eigenvalue weighted by molar-refractivity contribution is 4.87. The minimum atomic E-state index is -4.12. The van der Waals surface area contributed by atoms with Crippen molar-refractivity contribution in [1.82, 2.24) is 4.90 Å². The van der Waals surface area contributed by atoms with Crippen molar-refractivity contribution in [3.05, 3.63) is 0 Å². The Balaban J connectivity index is 2.61. The molecule has 0 spiro atoms. The highest BCUT2D eigenvalue weighted by Crippen LogP contribution is 2.33. The standard InChI is InChI=1S/C14H27F3N2/c1-4-5-19(9-14(15,16)17)8-12-11(3)6-10(2)7-13(12)18/h10-13H,4-9,18H2,1-3H3. The largest absolute Gasteiger partial charge is 0.401 e. The second-order valence-corrected chi connectivity index (χ2v) is 6.23. The van der Waals surface area contributed by atoms with Crippen molar-refractivity contribution in [2.75, 3.05) is 19.6 Å². The van der Waals surface area contributed by atoms with Crippen LogP contribution in [0.5, 0.6) is 0 Å². The average molecular weight is 280 g/mol. The maximum atomic E-state index is 12.6. The Kier molecular flexibility index (Phi) is 6.12. The number of nitrogens with two attached hydrogens (primary N) is 1. The van der Waals surface area contributed by atoms with Gasteiger partial charge in [0.05, 0.1) is 6.54 Å². The second-order valence-electron chi connectivity index (χ2n) is 6.23. The first-order chi connectivity index (χ1) is 8.73. The summed E-state index contributed by atoms with van der Waals surface area (Å²) in [6.45, 7) is 6.36. The molecule has 0 amide bonds. The van der Waals surface area contributed by atoms with E-state index in [1.165, 1.54) is 4.90 Å². The summed E-state index contributed by atoms with van der Waals surface area (Å²) < 4.78 is 37.7. The van der Waals surface area contributed by atoms with Crippen LogP contribution in [0.15, 0.2) is 0 Å². The van der Waals surface area contributed by atoms with Crippen LogP contribution in [-0.4, -0.2) is 36.8 Å². The van der Waals surface area contributed by atoms with E-state index in [0.717, 1.165) is 19.3 Å². The van der Waals surface area contributed by atoms with Gasteiger partial charge in [0.2, 0.25) is 0 Å². The molecule has 1 aliphatic carbocycles. The molecule has 0 aliphatic heterocycles. The van der Waals surface area contributed by atoms with Crippen molar-refractivity contribution in [2.24, 2.45) is 23.5 Å². The minimum Gasteiger partial charge on any atom is -0.327 e. The van der Waals surface area contributed by atoms with E-state index in [2.05, 4.69) is 13.8 Å². The van der Waals surface area contributed by atoms with Crippen molar-refractivity contribution < 1.29 is 13.2 Å². The molecule has 0 aromatic carbocycles. The lowest BCUT2D eigenvalue weighted by atomic mass is 9.72. The van der Waals surface area contributed by atoms with Crippen LogP contribution in [0.3, 0.4) is 0 Å². The first kappa shape index (κ1) is 16.8. The van der Waals surface area contributed by atoms with Crippen LogP contribution < -0.4 is 5.73 Å². The van der Waals surface area contributed by atoms with Crippen molar-refractivity contribution in [2.45, 2.75) is 52.3 Å². The maximum Gasteiger partial charge on any atom is 0.401 e. The van der Waals surface area contributed by atoms with Crippen LogP contribution in [0.25, 0.3) is 0 Å². The highest BCUT2D eigenvalue weighted by Gasteiger charge is 2.36. The molecule has 4 atom stereocenters. The lowest BCUT2D eigenvalue weighted by molar-refractivity contribution is -0.148. The third-order valence-corrected chi connectivity index (χ3v) is 4.14. The van der Waals surface area contributed by atoms with Gasteiger partial charge in [-0.05, 0) is 43.6 Å². The zero-order valence-corrected chi connectivity index (χ0v) is 12.2. The van der Waals surface area contributed by atoms with Crippen molar-refractivity contribution in [1.29, 1.82) is 0 Å². The highest BCUT2D eigenvalue weighted by atomic mass is 19.4. The Morgan fingerprint density at radius 3 is 2.32 bits per heavy atom. The van der Waals surface area contributed by atoms with Crippen LogP contribution in [0, 0.1) is 17.8 Å². The molecule has 1 aliphatic rings. The molecule has 1 fully saturated rings. The third kappa shape index (κ3) is 5.69. The molecule has 0 aromatic heterocycles. The van der Waals surface area contributed by atoms with Crippen LogP contribution in [-0.2, 0) is 0 Å². The first-order valence-corrected chi connectivity index (χ1v) is 7.27. The molecule has 2 nitrogen and oxygen atoms in total. The molecule has 19 heavy (non-hydrogen) atoms. The van der Waals surface area contributed by atoms with Gasteiger partial charge >= 0.3 is 6.18 Å². The molecule has 4 unspecified atom stereocenters. The average Bonchev–Trinajstić information content (AvgIpc) is 2.21. The minimum absolute atomic E-state index is 0.0336. The lowest BCUT2D eigenvalue weighted by Crippen LogP contribution is -2.48. The summed E-state index contributed by atoms with van der Waals surface area (Å²) in [6, 6.07) is 0.0336. The van der Waals surface area contributed by atoms with E-state index >= 15 is 0 Å². The summed E-state index contributed by atoms with van der Waals surface area (Å²) in [5, 5.41) is 0. The Morgan fingerprint density at radius 2 is 1.84 bits per heavy atom. The van der Waals surface area contributed by atoms with Gasteiger partial charge in [-0.15, -0.1) is 0 Å². The fourth-order valence-electron chi connectivity index (χ4n) is 3.39. The maximum absolute atomic E-state index is 12.6. The van der Waals surface area contributed by atoms with Gasteiger partial charge in [-0.2, -0.15) is 13.2 Å². The van der Waals surface area contributed by atoms with Gasteiger partial charge in [0, 0.05) is 12.6 Å². The molecule has 0 bridgehead atoms. The van der Waals surface area contributed by atoms with Crippen LogP contribution >= 0.6 is 0 Å². The number of hydrogen-bond acceptors (Lipinski definition) is 2. The molecular weight excluding hydrogens is 253 g/mol. The number of halogens is 3. The van der Waals surface area contributed by atoms with E-state index in [1.54, 1.807) is 0 Å².